The minimum Gasteiger partial charge on any atom is -0.386 e. The summed E-state index contributed by atoms with van der Waals surface area (Å²) in [6.45, 7) is 1.59. The molecule has 2 aromatic carbocycles. The van der Waals surface area contributed by atoms with E-state index in [1.165, 1.54) is 24.3 Å². The Morgan fingerprint density at radius 1 is 1.13 bits per heavy atom. The van der Waals surface area contributed by atoms with Gasteiger partial charge in [0, 0.05) is 10.6 Å². The number of aliphatic hydroxyl groups is 2. The van der Waals surface area contributed by atoms with Gasteiger partial charge in [0.15, 0.2) is 6.10 Å². The first-order chi connectivity index (χ1) is 10.9. The van der Waals surface area contributed by atoms with Crippen LogP contribution in [-0.4, -0.2) is 22.2 Å². The van der Waals surface area contributed by atoms with E-state index in [-0.39, 0.29) is 10.6 Å². The highest BCUT2D eigenvalue weighted by Crippen LogP contribution is 2.23. The van der Waals surface area contributed by atoms with Crippen molar-refractivity contribution in [3.05, 3.63) is 70.5 Å². The highest BCUT2D eigenvalue weighted by atomic mass is 35.5. The van der Waals surface area contributed by atoms with E-state index in [1.54, 1.807) is 31.2 Å². The van der Waals surface area contributed by atoms with Gasteiger partial charge in [0.05, 0.1) is 12.1 Å². The minimum absolute atomic E-state index is 0.280. The molecule has 3 atom stereocenters. The average Bonchev–Trinajstić information content (AvgIpc) is 2.54. The van der Waals surface area contributed by atoms with Crippen molar-refractivity contribution in [3.8, 4) is 0 Å². The molecule has 3 N–H and O–H groups in total. The van der Waals surface area contributed by atoms with Gasteiger partial charge in [-0.05, 0) is 30.7 Å². The summed E-state index contributed by atoms with van der Waals surface area (Å²) in [6.07, 6.45) is -2.47. The Balaban J connectivity index is 2.04. The van der Waals surface area contributed by atoms with E-state index >= 15 is 0 Å². The third-order valence-corrected chi connectivity index (χ3v) is 3.85. The number of benzene rings is 2. The molecule has 0 spiro atoms. The van der Waals surface area contributed by atoms with Crippen molar-refractivity contribution in [2.45, 2.75) is 25.2 Å². The van der Waals surface area contributed by atoms with Gasteiger partial charge < -0.3 is 15.5 Å². The lowest BCUT2D eigenvalue weighted by molar-refractivity contribution is -0.131. The number of aliphatic hydroxyl groups excluding tert-OH is 2. The summed E-state index contributed by atoms with van der Waals surface area (Å²) in [5, 5.41) is 23.1. The SMILES string of the molecule is C[C@@H](NC(=O)[C@H](O)c1ccccc1Cl)[C@@H](O)c1ccc(F)cc1. The van der Waals surface area contributed by atoms with Crippen LogP contribution in [-0.2, 0) is 4.79 Å². The van der Waals surface area contributed by atoms with Crippen LogP contribution in [0.2, 0.25) is 5.02 Å². The van der Waals surface area contributed by atoms with Crippen molar-refractivity contribution in [2.24, 2.45) is 0 Å². The molecule has 122 valence electrons. The van der Waals surface area contributed by atoms with Gasteiger partial charge >= 0.3 is 0 Å². The summed E-state index contributed by atoms with van der Waals surface area (Å²) >= 11 is 5.95. The van der Waals surface area contributed by atoms with E-state index in [0.717, 1.165) is 0 Å². The third kappa shape index (κ3) is 4.28. The molecule has 4 nitrogen and oxygen atoms in total. The summed E-state index contributed by atoms with van der Waals surface area (Å²) in [5.41, 5.74) is 0.751. The molecule has 0 aliphatic rings. The molecule has 0 fully saturated rings. The average molecular weight is 338 g/mol. The number of halogens is 2. The number of carbonyl (C=O) groups excluding carboxylic acids is 1. The quantitative estimate of drug-likeness (QED) is 0.785. The van der Waals surface area contributed by atoms with Crippen LogP contribution in [0, 0.1) is 5.82 Å². The van der Waals surface area contributed by atoms with Crippen molar-refractivity contribution >= 4 is 17.5 Å². The fourth-order valence-corrected chi connectivity index (χ4v) is 2.41. The number of rotatable bonds is 5. The van der Waals surface area contributed by atoms with Gasteiger partial charge in [-0.25, -0.2) is 4.39 Å². The first kappa shape index (κ1) is 17.4. The zero-order chi connectivity index (χ0) is 17.0. The molecule has 0 aliphatic heterocycles. The normalized spacial score (nSPS) is 14.8. The van der Waals surface area contributed by atoms with Crippen molar-refractivity contribution < 1.29 is 19.4 Å². The van der Waals surface area contributed by atoms with Crippen LogP contribution in [0.3, 0.4) is 0 Å². The molecule has 0 unspecified atom stereocenters. The van der Waals surface area contributed by atoms with Gasteiger partial charge in [-0.1, -0.05) is 41.9 Å². The van der Waals surface area contributed by atoms with Crippen molar-refractivity contribution in [2.75, 3.05) is 0 Å². The Morgan fingerprint density at radius 2 is 1.74 bits per heavy atom. The Morgan fingerprint density at radius 3 is 2.35 bits per heavy atom. The maximum atomic E-state index is 12.9. The molecule has 0 saturated heterocycles. The van der Waals surface area contributed by atoms with E-state index in [0.29, 0.717) is 5.56 Å². The zero-order valence-electron chi connectivity index (χ0n) is 12.4. The second kappa shape index (κ2) is 7.55. The number of amides is 1. The second-order valence-corrected chi connectivity index (χ2v) is 5.62. The molecular weight excluding hydrogens is 321 g/mol. The van der Waals surface area contributed by atoms with Gasteiger partial charge in [-0.15, -0.1) is 0 Å². The molecule has 2 rings (SSSR count). The maximum absolute atomic E-state index is 12.9. The lowest BCUT2D eigenvalue weighted by Gasteiger charge is -2.22. The predicted molar refractivity (Wildman–Crippen MR) is 85.4 cm³/mol. The van der Waals surface area contributed by atoms with E-state index in [2.05, 4.69) is 5.32 Å². The Kier molecular flexibility index (Phi) is 5.71. The first-order valence-corrected chi connectivity index (χ1v) is 7.44. The standard InChI is InChI=1S/C17H17ClFNO3/c1-10(15(21)11-6-8-12(19)9-7-11)20-17(23)16(22)13-4-2-3-5-14(13)18/h2-10,15-16,21-22H,1H3,(H,20,23)/t10-,15-,16-/m1/s1. The molecule has 2 aromatic rings. The van der Waals surface area contributed by atoms with Gasteiger partial charge in [0.25, 0.3) is 5.91 Å². The van der Waals surface area contributed by atoms with Crippen LogP contribution in [0.1, 0.15) is 30.3 Å². The van der Waals surface area contributed by atoms with Crippen LogP contribution in [0.5, 0.6) is 0 Å². The highest BCUT2D eigenvalue weighted by Gasteiger charge is 2.24. The second-order valence-electron chi connectivity index (χ2n) is 5.22. The van der Waals surface area contributed by atoms with Gasteiger partial charge in [-0.2, -0.15) is 0 Å². The minimum atomic E-state index is -1.44. The van der Waals surface area contributed by atoms with Gasteiger partial charge in [-0.3, -0.25) is 4.79 Å². The Labute approximate surface area is 138 Å². The Bertz CT molecular complexity index is 678. The smallest absolute Gasteiger partial charge is 0.253 e. The summed E-state index contributed by atoms with van der Waals surface area (Å²) < 4.78 is 12.9. The predicted octanol–water partition coefficient (Wildman–Crippen LogP) is 2.75. The lowest BCUT2D eigenvalue weighted by atomic mass is 10.0. The van der Waals surface area contributed by atoms with E-state index in [1.807, 2.05) is 0 Å². The molecule has 0 radical (unpaired) electrons. The number of hydrogen-bond acceptors (Lipinski definition) is 3. The van der Waals surface area contributed by atoms with Crippen LogP contribution in [0.25, 0.3) is 0 Å². The molecule has 1 amide bonds. The monoisotopic (exact) mass is 337 g/mol. The molecule has 0 aliphatic carbocycles. The van der Waals surface area contributed by atoms with Crippen LogP contribution in [0.4, 0.5) is 4.39 Å². The van der Waals surface area contributed by atoms with E-state index in [9.17, 15) is 19.4 Å². The first-order valence-electron chi connectivity index (χ1n) is 7.06. The summed E-state index contributed by atoms with van der Waals surface area (Å²) in [7, 11) is 0. The number of carbonyl (C=O) groups is 1. The highest BCUT2D eigenvalue weighted by molar-refractivity contribution is 6.31. The molecule has 23 heavy (non-hydrogen) atoms. The van der Waals surface area contributed by atoms with Crippen LogP contribution < -0.4 is 5.32 Å². The Hall–Kier alpha value is -1.95. The summed E-state index contributed by atoms with van der Waals surface area (Å²) in [4.78, 5) is 12.1. The number of hydrogen-bond donors (Lipinski definition) is 3. The molecular formula is C17H17ClFNO3. The molecule has 6 heteroatoms. The van der Waals surface area contributed by atoms with E-state index in [4.69, 9.17) is 11.6 Å². The molecule has 0 aromatic heterocycles. The van der Waals surface area contributed by atoms with Crippen LogP contribution in [0.15, 0.2) is 48.5 Å². The van der Waals surface area contributed by atoms with Crippen LogP contribution >= 0.6 is 11.6 Å². The van der Waals surface area contributed by atoms with Crippen molar-refractivity contribution in [3.63, 3.8) is 0 Å². The van der Waals surface area contributed by atoms with E-state index < -0.39 is 30.0 Å². The fraction of sp³-hybridized carbons (Fsp3) is 0.235. The zero-order valence-corrected chi connectivity index (χ0v) is 13.2. The molecule has 0 heterocycles. The maximum Gasteiger partial charge on any atom is 0.253 e. The fourth-order valence-electron chi connectivity index (χ4n) is 2.17. The molecule has 0 bridgehead atoms. The topological polar surface area (TPSA) is 69.6 Å². The molecule has 0 saturated carbocycles. The summed E-state index contributed by atoms with van der Waals surface area (Å²) in [5.74, 6) is -1.08. The van der Waals surface area contributed by atoms with Gasteiger partial charge in [0.2, 0.25) is 0 Å². The van der Waals surface area contributed by atoms with Crippen molar-refractivity contribution in [1.29, 1.82) is 0 Å². The third-order valence-electron chi connectivity index (χ3n) is 3.50. The van der Waals surface area contributed by atoms with Crippen molar-refractivity contribution in [1.82, 2.24) is 5.32 Å². The van der Waals surface area contributed by atoms with Gasteiger partial charge in [0.1, 0.15) is 5.82 Å². The largest absolute Gasteiger partial charge is 0.386 e. The lowest BCUT2D eigenvalue weighted by Crippen LogP contribution is -2.40. The number of nitrogens with one attached hydrogen (secondary N) is 1. The summed E-state index contributed by atoms with van der Waals surface area (Å²) in [6, 6.07) is 11.1.